The van der Waals surface area contributed by atoms with Crippen LogP contribution in [0.5, 0.6) is 0 Å². The van der Waals surface area contributed by atoms with Crippen LogP contribution in [0.3, 0.4) is 0 Å². The van der Waals surface area contributed by atoms with Crippen molar-refractivity contribution in [2.75, 3.05) is 41.4 Å². The number of nitrogens with zero attached hydrogens (tertiary/aromatic N) is 3. The Morgan fingerprint density at radius 1 is 1.16 bits per heavy atom. The summed E-state index contributed by atoms with van der Waals surface area (Å²) in [5, 5.41) is 3.74. The van der Waals surface area contributed by atoms with Crippen molar-refractivity contribution in [3.8, 4) is 0 Å². The summed E-state index contributed by atoms with van der Waals surface area (Å²) in [7, 11) is 0. The van der Waals surface area contributed by atoms with Crippen LogP contribution in [0, 0.1) is 18.8 Å². The van der Waals surface area contributed by atoms with Crippen LogP contribution in [0.25, 0.3) is 0 Å². The highest BCUT2D eigenvalue weighted by Crippen LogP contribution is 2.50. The van der Waals surface area contributed by atoms with Gasteiger partial charge >= 0.3 is 0 Å². The maximum Gasteiger partial charge on any atom is 0.224 e. The smallest absolute Gasteiger partial charge is 0.224 e. The van der Waals surface area contributed by atoms with Crippen LogP contribution in [-0.4, -0.2) is 43.2 Å². The van der Waals surface area contributed by atoms with E-state index in [1.807, 2.05) is 12.3 Å². The predicted molar refractivity (Wildman–Crippen MR) is 124 cm³/mol. The summed E-state index contributed by atoms with van der Waals surface area (Å²) in [6.07, 6.45) is 4.27. The van der Waals surface area contributed by atoms with Gasteiger partial charge in [0.15, 0.2) is 0 Å². The summed E-state index contributed by atoms with van der Waals surface area (Å²) < 4.78 is 5.54. The van der Waals surface area contributed by atoms with Gasteiger partial charge in [0.2, 0.25) is 5.91 Å². The van der Waals surface area contributed by atoms with Crippen molar-refractivity contribution in [2.45, 2.75) is 45.7 Å². The zero-order valence-corrected chi connectivity index (χ0v) is 18.7. The molecule has 1 aliphatic carbocycles. The van der Waals surface area contributed by atoms with Gasteiger partial charge in [0.1, 0.15) is 5.82 Å². The zero-order valence-electron chi connectivity index (χ0n) is 18.7. The molecule has 3 atom stereocenters. The molecule has 1 aromatic heterocycles. The fourth-order valence-corrected chi connectivity index (χ4v) is 5.35. The average molecular weight is 421 g/mol. The van der Waals surface area contributed by atoms with Gasteiger partial charge in [-0.3, -0.25) is 4.79 Å². The third kappa shape index (κ3) is 3.89. The lowest BCUT2D eigenvalue weighted by Gasteiger charge is -2.46. The first-order valence-corrected chi connectivity index (χ1v) is 11.5. The van der Waals surface area contributed by atoms with Gasteiger partial charge in [0.05, 0.1) is 19.3 Å². The Kier molecular flexibility index (Phi) is 5.34. The van der Waals surface area contributed by atoms with E-state index in [1.54, 1.807) is 6.92 Å². The number of benzene rings is 1. The van der Waals surface area contributed by atoms with Gasteiger partial charge in [-0.05, 0) is 61.6 Å². The number of carbonyl (C=O) groups is 1. The lowest BCUT2D eigenvalue weighted by molar-refractivity contribution is -0.117. The largest absolute Gasteiger partial charge is 0.378 e. The van der Waals surface area contributed by atoms with E-state index in [-0.39, 0.29) is 23.9 Å². The number of fused-ring (bicyclic) bond motifs is 1. The van der Waals surface area contributed by atoms with Gasteiger partial charge < -0.3 is 19.9 Å². The summed E-state index contributed by atoms with van der Waals surface area (Å²) in [6, 6.07) is 11.0. The molecular formula is C25H32N4O2. The SMILES string of the molecule is CC(=O)N1c2ccc(N3CCOCC3)cc2[C@H](Nc2cc(C)ccn2)[C@@H](C)[C@@H]1C1CC1. The summed E-state index contributed by atoms with van der Waals surface area (Å²) in [5.41, 5.74) is 4.62. The molecule has 1 amide bonds. The number of nitrogens with one attached hydrogen (secondary N) is 1. The number of aromatic nitrogens is 1. The van der Waals surface area contributed by atoms with Gasteiger partial charge in [0.25, 0.3) is 0 Å². The second kappa shape index (κ2) is 8.15. The van der Waals surface area contributed by atoms with Crippen LogP contribution in [0.4, 0.5) is 17.2 Å². The van der Waals surface area contributed by atoms with Gasteiger partial charge in [-0.15, -0.1) is 0 Å². The number of pyridine rings is 1. The number of hydrogen-bond acceptors (Lipinski definition) is 5. The third-order valence-electron chi connectivity index (χ3n) is 7.01. The molecule has 2 aliphatic heterocycles. The minimum absolute atomic E-state index is 0.103. The molecule has 5 rings (SSSR count). The van der Waals surface area contributed by atoms with Crippen molar-refractivity contribution in [2.24, 2.45) is 11.8 Å². The van der Waals surface area contributed by atoms with E-state index < -0.39 is 0 Å². The van der Waals surface area contributed by atoms with Crippen LogP contribution in [-0.2, 0) is 9.53 Å². The highest BCUT2D eigenvalue weighted by molar-refractivity contribution is 5.94. The number of carbonyl (C=O) groups excluding carboxylic acids is 1. The number of hydrogen-bond donors (Lipinski definition) is 1. The molecule has 31 heavy (non-hydrogen) atoms. The lowest BCUT2D eigenvalue weighted by Crippen LogP contribution is -2.51. The molecular weight excluding hydrogens is 388 g/mol. The van der Waals surface area contributed by atoms with Crippen molar-refractivity contribution >= 4 is 23.1 Å². The van der Waals surface area contributed by atoms with Crippen LogP contribution in [0.15, 0.2) is 36.5 Å². The fourth-order valence-electron chi connectivity index (χ4n) is 5.35. The predicted octanol–water partition coefficient (Wildman–Crippen LogP) is 4.16. The average Bonchev–Trinajstić information content (AvgIpc) is 3.60. The summed E-state index contributed by atoms with van der Waals surface area (Å²) in [5.74, 6) is 1.90. The summed E-state index contributed by atoms with van der Waals surface area (Å²) in [6.45, 7) is 9.39. The van der Waals surface area contributed by atoms with Crippen LogP contribution < -0.4 is 15.1 Å². The molecule has 1 N–H and O–H groups in total. The van der Waals surface area contributed by atoms with Crippen molar-refractivity contribution in [3.63, 3.8) is 0 Å². The first kappa shape index (κ1) is 20.3. The van der Waals surface area contributed by atoms with Crippen LogP contribution >= 0.6 is 0 Å². The van der Waals surface area contributed by atoms with Crippen molar-refractivity contribution in [1.29, 1.82) is 0 Å². The Morgan fingerprint density at radius 3 is 2.61 bits per heavy atom. The molecule has 3 aliphatic rings. The fraction of sp³-hybridized carbons (Fsp3) is 0.520. The quantitative estimate of drug-likeness (QED) is 0.805. The van der Waals surface area contributed by atoms with Gasteiger partial charge in [-0.2, -0.15) is 0 Å². The molecule has 1 aromatic carbocycles. The van der Waals surface area contributed by atoms with E-state index in [9.17, 15) is 4.79 Å². The number of amides is 1. The van der Waals surface area contributed by atoms with E-state index in [0.717, 1.165) is 37.8 Å². The topological polar surface area (TPSA) is 57.7 Å². The second-order valence-electron chi connectivity index (χ2n) is 9.26. The highest BCUT2D eigenvalue weighted by atomic mass is 16.5. The Balaban J connectivity index is 1.58. The zero-order chi connectivity index (χ0) is 21.5. The maximum absolute atomic E-state index is 12.8. The van der Waals surface area contributed by atoms with Crippen LogP contribution in [0.1, 0.15) is 43.9 Å². The molecule has 3 heterocycles. The number of rotatable bonds is 4. The molecule has 0 radical (unpaired) electrons. The molecule has 0 unspecified atom stereocenters. The molecule has 164 valence electrons. The molecule has 6 heteroatoms. The Hall–Kier alpha value is -2.60. The van der Waals surface area contributed by atoms with E-state index in [1.165, 1.54) is 29.7 Å². The Bertz CT molecular complexity index is 968. The molecule has 2 aromatic rings. The van der Waals surface area contributed by atoms with Crippen molar-refractivity contribution < 1.29 is 9.53 Å². The Morgan fingerprint density at radius 2 is 1.94 bits per heavy atom. The highest BCUT2D eigenvalue weighted by Gasteiger charge is 2.47. The normalized spacial score (nSPS) is 25.8. The van der Waals surface area contributed by atoms with Crippen molar-refractivity contribution in [3.05, 3.63) is 47.7 Å². The minimum atomic E-state index is 0.103. The maximum atomic E-state index is 12.8. The van der Waals surface area contributed by atoms with Crippen molar-refractivity contribution in [1.82, 2.24) is 4.98 Å². The van der Waals surface area contributed by atoms with E-state index >= 15 is 0 Å². The van der Waals surface area contributed by atoms with E-state index in [0.29, 0.717) is 5.92 Å². The second-order valence-corrected chi connectivity index (χ2v) is 9.26. The Labute approximate surface area is 184 Å². The number of anilines is 3. The number of ether oxygens (including phenoxy) is 1. The lowest BCUT2D eigenvalue weighted by atomic mass is 9.79. The standard InChI is InChI=1S/C25H32N4O2/c1-16-8-9-26-23(14-16)27-24-17(2)25(19-4-5-19)29(18(3)30)22-7-6-20(15-21(22)24)28-10-12-31-13-11-28/h6-9,14-15,17,19,24-25H,4-5,10-13H2,1-3H3,(H,26,27)/t17-,24-,25-/m1/s1. The van der Waals surface area contributed by atoms with E-state index in [2.05, 4.69) is 58.2 Å². The minimum Gasteiger partial charge on any atom is -0.378 e. The molecule has 1 saturated heterocycles. The monoisotopic (exact) mass is 420 g/mol. The first-order chi connectivity index (χ1) is 15.0. The van der Waals surface area contributed by atoms with Crippen LogP contribution in [0.2, 0.25) is 0 Å². The number of aryl methyl sites for hydroxylation is 1. The van der Waals surface area contributed by atoms with Gasteiger partial charge in [-0.25, -0.2) is 4.98 Å². The molecule has 1 saturated carbocycles. The number of morpholine rings is 1. The summed E-state index contributed by atoms with van der Waals surface area (Å²) >= 11 is 0. The molecule has 0 bridgehead atoms. The molecule has 0 spiro atoms. The van der Waals surface area contributed by atoms with E-state index in [4.69, 9.17) is 4.74 Å². The third-order valence-corrected chi connectivity index (χ3v) is 7.01. The molecule has 2 fully saturated rings. The van der Waals surface area contributed by atoms with Gasteiger partial charge in [-0.1, -0.05) is 6.92 Å². The first-order valence-electron chi connectivity index (χ1n) is 11.5. The summed E-state index contributed by atoms with van der Waals surface area (Å²) in [4.78, 5) is 21.8. The molecule has 6 nitrogen and oxygen atoms in total. The van der Waals surface area contributed by atoms with Gasteiger partial charge in [0, 0.05) is 55.1 Å².